The van der Waals surface area contributed by atoms with Crippen LogP contribution in [0.1, 0.15) is 26.2 Å². The van der Waals surface area contributed by atoms with Crippen LogP contribution in [-0.4, -0.2) is 25.1 Å². The van der Waals surface area contributed by atoms with E-state index in [9.17, 15) is 0 Å². The number of nitrogens with zero attached hydrogens (tertiary/aromatic N) is 1. The molecule has 2 rings (SSSR count). The Bertz CT molecular complexity index is 184. The van der Waals surface area contributed by atoms with Crippen molar-refractivity contribution < 1.29 is 0 Å². The van der Waals surface area contributed by atoms with E-state index in [1.807, 2.05) is 0 Å². The highest BCUT2D eigenvalue weighted by Gasteiger charge is 2.24. The summed E-state index contributed by atoms with van der Waals surface area (Å²) in [5.74, 6) is 1.89. The Balaban J connectivity index is 1.77. The van der Waals surface area contributed by atoms with Crippen molar-refractivity contribution in [2.75, 3.05) is 13.1 Å². The van der Waals surface area contributed by atoms with Crippen LogP contribution in [-0.2, 0) is 0 Å². The molecule has 12 heavy (non-hydrogen) atoms. The average Bonchev–Trinajstić information content (AvgIpc) is 2.34. The third-order valence-electron chi connectivity index (χ3n) is 2.90. The molecule has 1 atom stereocenters. The molecule has 1 saturated carbocycles. The first-order valence-electron chi connectivity index (χ1n) is 4.91. The van der Waals surface area contributed by atoms with Gasteiger partial charge in [0.1, 0.15) is 0 Å². The van der Waals surface area contributed by atoms with Gasteiger partial charge in [-0.2, -0.15) is 0 Å². The fraction of sp³-hybridized carbons (Fsp3) is 0.889. The molecule has 0 aromatic carbocycles. The van der Waals surface area contributed by atoms with Crippen LogP contribution in [0.3, 0.4) is 0 Å². The molecule has 3 heteroatoms. The molecule has 0 radical (unpaired) electrons. The fourth-order valence-electron chi connectivity index (χ4n) is 1.77. The minimum absolute atomic E-state index is 0.600. The predicted octanol–water partition coefficient (Wildman–Crippen LogP) is 0.724. The molecule has 0 saturated heterocycles. The smallest absolute Gasteiger partial charge is 0.191 e. The van der Waals surface area contributed by atoms with Crippen molar-refractivity contribution in [1.82, 2.24) is 10.6 Å². The first kappa shape index (κ1) is 7.90. The monoisotopic (exact) mass is 167 g/mol. The summed E-state index contributed by atoms with van der Waals surface area (Å²) >= 11 is 0. The normalized spacial score (nSPS) is 25.6. The Morgan fingerprint density at radius 1 is 1.58 bits per heavy atom. The number of guanidine groups is 1. The summed E-state index contributed by atoms with van der Waals surface area (Å²) in [6.07, 6.45) is 4.19. The Morgan fingerprint density at radius 2 is 2.42 bits per heavy atom. The number of hydrogen-bond acceptors (Lipinski definition) is 3. The number of aliphatic imine (C=N–C) groups is 1. The first-order valence-corrected chi connectivity index (χ1v) is 4.91. The van der Waals surface area contributed by atoms with Gasteiger partial charge in [0.15, 0.2) is 5.96 Å². The van der Waals surface area contributed by atoms with Crippen molar-refractivity contribution in [3.63, 3.8) is 0 Å². The quantitative estimate of drug-likeness (QED) is 0.636. The zero-order chi connectivity index (χ0) is 8.39. The Kier molecular flexibility index (Phi) is 2.19. The van der Waals surface area contributed by atoms with E-state index in [-0.39, 0.29) is 0 Å². The molecule has 2 N–H and O–H groups in total. The van der Waals surface area contributed by atoms with E-state index in [4.69, 9.17) is 0 Å². The summed E-state index contributed by atoms with van der Waals surface area (Å²) < 4.78 is 0. The fourth-order valence-corrected chi connectivity index (χ4v) is 1.77. The van der Waals surface area contributed by atoms with Crippen molar-refractivity contribution >= 4 is 5.96 Å². The molecule has 0 spiro atoms. The zero-order valence-electron chi connectivity index (χ0n) is 7.64. The van der Waals surface area contributed by atoms with Crippen LogP contribution in [0.25, 0.3) is 0 Å². The van der Waals surface area contributed by atoms with Gasteiger partial charge in [-0.1, -0.05) is 6.42 Å². The maximum Gasteiger partial charge on any atom is 0.191 e. The molecule has 1 fully saturated rings. The highest BCUT2D eigenvalue weighted by atomic mass is 15.2. The highest BCUT2D eigenvalue weighted by Crippen LogP contribution is 2.29. The van der Waals surface area contributed by atoms with Gasteiger partial charge in [-0.25, -0.2) is 0 Å². The number of nitrogens with one attached hydrogen (secondary N) is 2. The Labute approximate surface area is 73.6 Å². The minimum atomic E-state index is 0.600. The third-order valence-corrected chi connectivity index (χ3v) is 2.90. The SMILES string of the molecule is CC(NC1=NCCN1)C1CCC1. The van der Waals surface area contributed by atoms with Gasteiger partial charge in [0.05, 0.1) is 6.54 Å². The molecule has 2 aliphatic rings. The second-order valence-corrected chi connectivity index (χ2v) is 3.78. The third kappa shape index (κ3) is 1.54. The molecule has 1 heterocycles. The summed E-state index contributed by atoms with van der Waals surface area (Å²) in [6.45, 7) is 4.19. The van der Waals surface area contributed by atoms with Crippen LogP contribution >= 0.6 is 0 Å². The van der Waals surface area contributed by atoms with Crippen LogP contribution in [0.5, 0.6) is 0 Å². The lowest BCUT2D eigenvalue weighted by atomic mass is 9.80. The van der Waals surface area contributed by atoms with Gasteiger partial charge in [0, 0.05) is 12.6 Å². The largest absolute Gasteiger partial charge is 0.355 e. The Morgan fingerprint density at radius 3 is 2.92 bits per heavy atom. The maximum atomic E-state index is 4.31. The molecule has 1 aliphatic carbocycles. The predicted molar refractivity (Wildman–Crippen MR) is 50.2 cm³/mol. The lowest BCUT2D eigenvalue weighted by molar-refractivity contribution is 0.258. The summed E-state index contributed by atoms with van der Waals surface area (Å²) in [5.41, 5.74) is 0. The average molecular weight is 167 g/mol. The van der Waals surface area contributed by atoms with Gasteiger partial charge in [-0.05, 0) is 25.7 Å². The minimum Gasteiger partial charge on any atom is -0.355 e. The molecule has 0 aromatic rings. The zero-order valence-corrected chi connectivity index (χ0v) is 7.64. The summed E-state index contributed by atoms with van der Waals surface area (Å²) in [5, 5.41) is 6.65. The van der Waals surface area contributed by atoms with Crippen molar-refractivity contribution in [2.24, 2.45) is 10.9 Å². The van der Waals surface area contributed by atoms with E-state index < -0.39 is 0 Å². The molecule has 68 valence electrons. The van der Waals surface area contributed by atoms with Gasteiger partial charge < -0.3 is 10.6 Å². The van der Waals surface area contributed by atoms with Crippen molar-refractivity contribution in [1.29, 1.82) is 0 Å². The van der Waals surface area contributed by atoms with E-state index in [0.29, 0.717) is 6.04 Å². The second-order valence-electron chi connectivity index (χ2n) is 3.78. The van der Waals surface area contributed by atoms with Crippen molar-refractivity contribution in [2.45, 2.75) is 32.2 Å². The van der Waals surface area contributed by atoms with Gasteiger partial charge in [0.25, 0.3) is 0 Å². The molecular weight excluding hydrogens is 150 g/mol. The van der Waals surface area contributed by atoms with Crippen LogP contribution in [0, 0.1) is 5.92 Å². The van der Waals surface area contributed by atoms with Crippen molar-refractivity contribution in [3.05, 3.63) is 0 Å². The van der Waals surface area contributed by atoms with Gasteiger partial charge in [0.2, 0.25) is 0 Å². The van der Waals surface area contributed by atoms with E-state index >= 15 is 0 Å². The van der Waals surface area contributed by atoms with E-state index in [0.717, 1.165) is 25.0 Å². The number of hydrogen-bond donors (Lipinski definition) is 2. The van der Waals surface area contributed by atoms with Gasteiger partial charge in [-0.3, -0.25) is 4.99 Å². The lowest BCUT2D eigenvalue weighted by Gasteiger charge is -2.32. The summed E-state index contributed by atoms with van der Waals surface area (Å²) in [6, 6.07) is 0.600. The summed E-state index contributed by atoms with van der Waals surface area (Å²) in [7, 11) is 0. The molecule has 0 bridgehead atoms. The molecule has 3 nitrogen and oxygen atoms in total. The maximum absolute atomic E-state index is 4.31. The van der Waals surface area contributed by atoms with E-state index in [2.05, 4.69) is 22.5 Å². The first-order chi connectivity index (χ1) is 5.86. The topological polar surface area (TPSA) is 36.4 Å². The lowest BCUT2D eigenvalue weighted by Crippen LogP contribution is -2.44. The van der Waals surface area contributed by atoms with Gasteiger partial charge >= 0.3 is 0 Å². The highest BCUT2D eigenvalue weighted by molar-refractivity contribution is 5.81. The van der Waals surface area contributed by atoms with Crippen LogP contribution in [0.2, 0.25) is 0 Å². The molecule has 1 aliphatic heterocycles. The van der Waals surface area contributed by atoms with Gasteiger partial charge in [-0.15, -0.1) is 0 Å². The standard InChI is InChI=1S/C9H17N3/c1-7(8-3-2-4-8)12-9-10-5-6-11-9/h7-8H,2-6H2,1H3,(H2,10,11,12). The molecule has 1 unspecified atom stereocenters. The van der Waals surface area contributed by atoms with E-state index in [1.165, 1.54) is 19.3 Å². The van der Waals surface area contributed by atoms with Crippen LogP contribution in [0.15, 0.2) is 4.99 Å². The van der Waals surface area contributed by atoms with Crippen molar-refractivity contribution in [3.8, 4) is 0 Å². The Hall–Kier alpha value is -0.730. The molecule has 0 aromatic heterocycles. The molecular formula is C9H17N3. The number of rotatable bonds is 2. The van der Waals surface area contributed by atoms with Crippen LogP contribution < -0.4 is 10.6 Å². The molecule has 0 amide bonds. The summed E-state index contributed by atoms with van der Waals surface area (Å²) in [4.78, 5) is 4.31. The van der Waals surface area contributed by atoms with E-state index in [1.54, 1.807) is 0 Å². The van der Waals surface area contributed by atoms with Crippen LogP contribution in [0.4, 0.5) is 0 Å². The second kappa shape index (κ2) is 3.33.